The molecule has 1 amide bonds. The van der Waals surface area contributed by atoms with Crippen molar-refractivity contribution in [1.29, 1.82) is 0 Å². The topological polar surface area (TPSA) is 32.8 Å². The second-order valence-electron chi connectivity index (χ2n) is 5.77. The van der Waals surface area contributed by atoms with E-state index < -0.39 is 0 Å². The Hall–Kier alpha value is -0.610. The van der Waals surface area contributed by atoms with Crippen LogP contribution in [-0.2, 0) is 9.53 Å². The first-order chi connectivity index (χ1) is 9.24. The summed E-state index contributed by atoms with van der Waals surface area (Å²) in [6.45, 7) is 9.99. The Morgan fingerprint density at radius 3 is 2.42 bits per heavy atom. The number of piperazine rings is 1. The van der Waals surface area contributed by atoms with Crippen molar-refractivity contribution < 1.29 is 9.53 Å². The molecule has 0 N–H and O–H groups in total. The van der Waals surface area contributed by atoms with Gasteiger partial charge in [-0.2, -0.15) is 0 Å². The van der Waals surface area contributed by atoms with Gasteiger partial charge in [0.15, 0.2) is 0 Å². The molecule has 4 nitrogen and oxygen atoms in total. The van der Waals surface area contributed by atoms with E-state index in [4.69, 9.17) is 4.74 Å². The van der Waals surface area contributed by atoms with Gasteiger partial charge in [0.1, 0.15) is 0 Å². The van der Waals surface area contributed by atoms with E-state index in [1.165, 1.54) is 12.8 Å². The van der Waals surface area contributed by atoms with Crippen LogP contribution in [0.1, 0.15) is 39.5 Å². The van der Waals surface area contributed by atoms with Gasteiger partial charge in [-0.15, -0.1) is 0 Å². The van der Waals surface area contributed by atoms with Gasteiger partial charge in [-0.25, -0.2) is 0 Å². The minimum atomic E-state index is 0.227. The lowest BCUT2D eigenvalue weighted by atomic mass is 10.0. The summed E-state index contributed by atoms with van der Waals surface area (Å²) in [4.78, 5) is 16.8. The van der Waals surface area contributed by atoms with Crippen LogP contribution < -0.4 is 0 Å². The van der Waals surface area contributed by atoms with E-state index in [1.54, 1.807) is 0 Å². The van der Waals surface area contributed by atoms with Crippen molar-refractivity contribution >= 4 is 5.91 Å². The molecule has 2 fully saturated rings. The van der Waals surface area contributed by atoms with Crippen molar-refractivity contribution in [3.8, 4) is 0 Å². The number of amides is 1. The minimum Gasteiger partial charge on any atom is -0.377 e. The third-order valence-electron chi connectivity index (χ3n) is 4.50. The number of hydrogen-bond donors (Lipinski definition) is 0. The Bertz CT molecular complexity index is 278. The molecule has 1 atom stereocenters. The molecule has 2 aliphatic heterocycles. The second kappa shape index (κ2) is 7.25. The fourth-order valence-electron chi connectivity index (χ4n) is 3.12. The van der Waals surface area contributed by atoms with Crippen molar-refractivity contribution in [2.75, 3.05) is 39.3 Å². The Morgan fingerprint density at radius 1 is 1.21 bits per heavy atom. The molecule has 0 spiro atoms. The van der Waals surface area contributed by atoms with Gasteiger partial charge >= 0.3 is 0 Å². The molecule has 2 aliphatic rings. The number of carbonyl (C=O) groups excluding carboxylic acids is 1. The fraction of sp³-hybridized carbons (Fsp3) is 0.933. The van der Waals surface area contributed by atoms with Gasteiger partial charge in [0, 0.05) is 45.2 Å². The number of nitrogens with zero attached hydrogens (tertiary/aromatic N) is 2. The van der Waals surface area contributed by atoms with Crippen LogP contribution in [0, 0.1) is 5.92 Å². The molecular formula is C15H28N2O2. The van der Waals surface area contributed by atoms with Crippen LogP contribution in [0.25, 0.3) is 0 Å². The van der Waals surface area contributed by atoms with Gasteiger partial charge < -0.3 is 9.64 Å². The summed E-state index contributed by atoms with van der Waals surface area (Å²) < 4.78 is 5.68. The third kappa shape index (κ3) is 3.93. The first kappa shape index (κ1) is 14.8. The monoisotopic (exact) mass is 268 g/mol. The summed E-state index contributed by atoms with van der Waals surface area (Å²) in [6.07, 6.45) is 4.77. The van der Waals surface area contributed by atoms with Gasteiger partial charge in [0.05, 0.1) is 6.10 Å². The molecule has 19 heavy (non-hydrogen) atoms. The van der Waals surface area contributed by atoms with Gasteiger partial charge in [-0.3, -0.25) is 9.69 Å². The Balaban J connectivity index is 1.73. The quantitative estimate of drug-likeness (QED) is 0.761. The van der Waals surface area contributed by atoms with E-state index in [0.717, 1.165) is 52.2 Å². The molecule has 0 bridgehead atoms. The van der Waals surface area contributed by atoms with Crippen molar-refractivity contribution in [3.63, 3.8) is 0 Å². The van der Waals surface area contributed by atoms with E-state index in [9.17, 15) is 4.79 Å². The molecule has 0 radical (unpaired) electrons. The highest BCUT2D eigenvalue weighted by molar-refractivity contribution is 5.78. The average molecular weight is 268 g/mol. The molecule has 0 aliphatic carbocycles. The number of hydrogen-bond acceptors (Lipinski definition) is 3. The zero-order valence-corrected chi connectivity index (χ0v) is 12.4. The van der Waals surface area contributed by atoms with Crippen LogP contribution in [0.15, 0.2) is 0 Å². The SMILES string of the molecule is CCC(CC)C(=O)N1CCN(CC2CCCO2)CC1. The maximum Gasteiger partial charge on any atom is 0.225 e. The van der Waals surface area contributed by atoms with E-state index in [-0.39, 0.29) is 5.92 Å². The molecule has 1 unspecified atom stereocenters. The van der Waals surface area contributed by atoms with Crippen LogP contribution in [0.4, 0.5) is 0 Å². The molecule has 0 aromatic heterocycles. The summed E-state index contributed by atoms with van der Waals surface area (Å²) in [6, 6.07) is 0. The molecule has 0 aromatic rings. The molecule has 2 heterocycles. The minimum absolute atomic E-state index is 0.227. The highest BCUT2D eigenvalue weighted by Crippen LogP contribution is 2.16. The van der Waals surface area contributed by atoms with Crippen LogP contribution in [-0.4, -0.2) is 61.1 Å². The first-order valence-electron chi connectivity index (χ1n) is 7.87. The van der Waals surface area contributed by atoms with Crippen molar-refractivity contribution in [3.05, 3.63) is 0 Å². The van der Waals surface area contributed by atoms with Crippen molar-refractivity contribution in [2.45, 2.75) is 45.6 Å². The summed E-state index contributed by atoms with van der Waals surface area (Å²) in [7, 11) is 0. The zero-order valence-electron chi connectivity index (χ0n) is 12.4. The zero-order chi connectivity index (χ0) is 13.7. The molecule has 0 aromatic carbocycles. The molecule has 0 saturated carbocycles. The lowest BCUT2D eigenvalue weighted by molar-refractivity contribution is -0.137. The predicted molar refractivity (Wildman–Crippen MR) is 76.1 cm³/mol. The number of carbonyl (C=O) groups is 1. The molecule has 2 saturated heterocycles. The van der Waals surface area contributed by atoms with Crippen molar-refractivity contribution in [2.24, 2.45) is 5.92 Å². The van der Waals surface area contributed by atoms with Gasteiger partial charge in [0.2, 0.25) is 5.91 Å². The van der Waals surface area contributed by atoms with E-state index in [1.807, 2.05) is 0 Å². The lowest BCUT2D eigenvalue weighted by Crippen LogP contribution is -2.51. The van der Waals surface area contributed by atoms with E-state index >= 15 is 0 Å². The Kier molecular flexibility index (Phi) is 5.64. The number of rotatable bonds is 5. The maximum atomic E-state index is 12.3. The van der Waals surface area contributed by atoms with E-state index in [0.29, 0.717) is 12.0 Å². The highest BCUT2D eigenvalue weighted by atomic mass is 16.5. The van der Waals surface area contributed by atoms with E-state index in [2.05, 4.69) is 23.6 Å². The Morgan fingerprint density at radius 2 is 1.89 bits per heavy atom. The summed E-state index contributed by atoms with van der Waals surface area (Å²) in [5.74, 6) is 0.589. The Labute approximate surface area is 117 Å². The summed E-state index contributed by atoms with van der Waals surface area (Å²) >= 11 is 0. The van der Waals surface area contributed by atoms with Crippen LogP contribution in [0.3, 0.4) is 0 Å². The smallest absolute Gasteiger partial charge is 0.225 e. The van der Waals surface area contributed by atoms with Crippen molar-refractivity contribution in [1.82, 2.24) is 9.80 Å². The second-order valence-corrected chi connectivity index (χ2v) is 5.77. The maximum absolute atomic E-state index is 12.3. The number of ether oxygens (including phenoxy) is 1. The molecule has 2 rings (SSSR count). The van der Waals surface area contributed by atoms with Crippen LogP contribution in [0.2, 0.25) is 0 Å². The molecule has 110 valence electrons. The first-order valence-corrected chi connectivity index (χ1v) is 7.87. The largest absolute Gasteiger partial charge is 0.377 e. The highest BCUT2D eigenvalue weighted by Gasteiger charge is 2.27. The molecule has 4 heteroatoms. The molecular weight excluding hydrogens is 240 g/mol. The fourth-order valence-corrected chi connectivity index (χ4v) is 3.12. The standard InChI is InChI=1S/C15H28N2O2/c1-3-13(4-2)15(18)17-9-7-16(8-10-17)12-14-6-5-11-19-14/h13-14H,3-12H2,1-2H3. The lowest BCUT2D eigenvalue weighted by Gasteiger charge is -2.37. The van der Waals surface area contributed by atoms with Crippen LogP contribution in [0.5, 0.6) is 0 Å². The third-order valence-corrected chi connectivity index (χ3v) is 4.50. The van der Waals surface area contributed by atoms with Gasteiger partial charge in [-0.1, -0.05) is 13.8 Å². The van der Waals surface area contributed by atoms with Gasteiger partial charge in [0.25, 0.3) is 0 Å². The summed E-state index contributed by atoms with van der Waals surface area (Å²) in [5, 5.41) is 0. The average Bonchev–Trinajstić information content (AvgIpc) is 2.94. The van der Waals surface area contributed by atoms with Crippen LogP contribution >= 0.6 is 0 Å². The summed E-state index contributed by atoms with van der Waals surface area (Å²) in [5.41, 5.74) is 0. The van der Waals surface area contributed by atoms with Gasteiger partial charge in [-0.05, 0) is 25.7 Å². The predicted octanol–water partition coefficient (Wildman–Crippen LogP) is 1.75. The normalized spacial score (nSPS) is 25.2.